The van der Waals surface area contributed by atoms with Gasteiger partial charge in [0.15, 0.2) is 0 Å². The molecule has 7 nitrogen and oxygen atoms in total. The van der Waals surface area contributed by atoms with Crippen molar-refractivity contribution in [3.05, 3.63) is 59.7 Å². The lowest BCUT2D eigenvalue weighted by Gasteiger charge is -2.19. The number of hydrogen-bond donors (Lipinski definition) is 1. The van der Waals surface area contributed by atoms with Crippen LogP contribution in [-0.4, -0.2) is 52.5 Å². The van der Waals surface area contributed by atoms with Gasteiger partial charge in [0.1, 0.15) is 10.6 Å². The van der Waals surface area contributed by atoms with Crippen molar-refractivity contribution in [1.82, 2.24) is 9.62 Å². The molecule has 3 rings (SSSR count). The standard InChI is InChI=1S/C21H26N2O5S/c1-23(14-16-6-4-3-5-7-16)29(25,26)20-12-18(8-9-19(20)27-2)21(24)22-13-17-10-11-28-15-17/h3-9,12,17H,10-11,13-15H2,1-2H3,(H,22,24). The van der Waals surface area contributed by atoms with E-state index >= 15 is 0 Å². The van der Waals surface area contributed by atoms with Crippen LogP contribution in [0, 0.1) is 5.92 Å². The molecular formula is C21H26N2O5S. The normalized spacial score (nSPS) is 16.7. The fraction of sp³-hybridized carbons (Fsp3) is 0.381. The molecule has 0 radical (unpaired) electrons. The highest BCUT2D eigenvalue weighted by atomic mass is 32.2. The second kappa shape index (κ2) is 9.39. The van der Waals surface area contributed by atoms with Gasteiger partial charge in [0.25, 0.3) is 5.91 Å². The van der Waals surface area contributed by atoms with Crippen molar-refractivity contribution in [2.24, 2.45) is 5.92 Å². The first-order valence-electron chi connectivity index (χ1n) is 9.46. The molecule has 0 saturated carbocycles. The molecule has 1 fully saturated rings. The van der Waals surface area contributed by atoms with Crippen LogP contribution in [0.2, 0.25) is 0 Å². The topological polar surface area (TPSA) is 84.9 Å². The lowest BCUT2D eigenvalue weighted by atomic mass is 10.1. The Balaban J connectivity index is 1.80. The van der Waals surface area contributed by atoms with Gasteiger partial charge in [-0.15, -0.1) is 0 Å². The van der Waals surface area contributed by atoms with E-state index in [0.717, 1.165) is 12.0 Å². The van der Waals surface area contributed by atoms with E-state index in [4.69, 9.17) is 9.47 Å². The predicted molar refractivity (Wildman–Crippen MR) is 109 cm³/mol. The van der Waals surface area contributed by atoms with E-state index in [1.807, 2.05) is 30.3 Å². The van der Waals surface area contributed by atoms with Gasteiger partial charge in [-0.25, -0.2) is 8.42 Å². The van der Waals surface area contributed by atoms with Gasteiger partial charge >= 0.3 is 0 Å². The highest BCUT2D eigenvalue weighted by Gasteiger charge is 2.26. The van der Waals surface area contributed by atoms with Gasteiger partial charge in [-0.3, -0.25) is 4.79 Å². The van der Waals surface area contributed by atoms with Crippen LogP contribution in [0.4, 0.5) is 0 Å². The second-order valence-electron chi connectivity index (χ2n) is 7.05. The van der Waals surface area contributed by atoms with E-state index < -0.39 is 10.0 Å². The molecule has 1 aliphatic rings. The second-order valence-corrected chi connectivity index (χ2v) is 9.07. The highest BCUT2D eigenvalue weighted by Crippen LogP contribution is 2.28. The van der Waals surface area contributed by atoms with Gasteiger partial charge in [-0.2, -0.15) is 4.31 Å². The quantitative estimate of drug-likeness (QED) is 0.711. The largest absolute Gasteiger partial charge is 0.495 e. The van der Waals surface area contributed by atoms with E-state index in [1.54, 1.807) is 6.07 Å². The zero-order valence-corrected chi connectivity index (χ0v) is 17.4. The summed E-state index contributed by atoms with van der Waals surface area (Å²) in [6.07, 6.45) is 0.910. The van der Waals surface area contributed by atoms with Crippen LogP contribution in [0.15, 0.2) is 53.4 Å². The summed E-state index contributed by atoms with van der Waals surface area (Å²) in [4.78, 5) is 12.5. The minimum absolute atomic E-state index is 0.0321. The van der Waals surface area contributed by atoms with Crippen LogP contribution < -0.4 is 10.1 Å². The van der Waals surface area contributed by atoms with Gasteiger partial charge in [-0.05, 0) is 30.2 Å². The number of nitrogens with zero attached hydrogens (tertiary/aromatic N) is 1. The molecule has 2 aromatic rings. The maximum absolute atomic E-state index is 13.2. The molecule has 0 aromatic heterocycles. The first-order valence-corrected chi connectivity index (χ1v) is 10.9. The maximum Gasteiger partial charge on any atom is 0.251 e. The summed E-state index contributed by atoms with van der Waals surface area (Å²) in [5.41, 5.74) is 1.14. The minimum Gasteiger partial charge on any atom is -0.495 e. The Morgan fingerprint density at radius 1 is 1.24 bits per heavy atom. The van der Waals surface area contributed by atoms with Crippen LogP contribution in [0.3, 0.4) is 0 Å². The molecule has 0 bridgehead atoms. The van der Waals surface area contributed by atoms with Crippen LogP contribution >= 0.6 is 0 Å². The van der Waals surface area contributed by atoms with E-state index in [9.17, 15) is 13.2 Å². The van der Waals surface area contributed by atoms with Gasteiger partial charge in [0.05, 0.1) is 13.7 Å². The summed E-state index contributed by atoms with van der Waals surface area (Å²) in [5.74, 6) is 0.171. The zero-order valence-electron chi connectivity index (χ0n) is 16.6. The Kier molecular flexibility index (Phi) is 6.89. The molecule has 1 aliphatic heterocycles. The lowest BCUT2D eigenvalue weighted by molar-refractivity contribution is 0.0944. The van der Waals surface area contributed by atoms with Crippen molar-refractivity contribution in [2.75, 3.05) is 33.9 Å². The summed E-state index contributed by atoms with van der Waals surface area (Å²) in [5, 5.41) is 2.86. The van der Waals surface area contributed by atoms with Crippen molar-refractivity contribution >= 4 is 15.9 Å². The number of carbonyl (C=O) groups excluding carboxylic acids is 1. The van der Waals surface area contributed by atoms with Crippen molar-refractivity contribution in [2.45, 2.75) is 17.9 Å². The highest BCUT2D eigenvalue weighted by molar-refractivity contribution is 7.89. The number of rotatable bonds is 8. The Labute approximate surface area is 171 Å². The van der Waals surface area contributed by atoms with E-state index in [0.29, 0.717) is 19.8 Å². The van der Waals surface area contributed by atoms with E-state index in [-0.39, 0.29) is 34.6 Å². The van der Waals surface area contributed by atoms with Crippen molar-refractivity contribution in [3.8, 4) is 5.75 Å². The third kappa shape index (κ3) is 5.14. The van der Waals surface area contributed by atoms with Crippen LogP contribution in [0.5, 0.6) is 5.75 Å². The third-order valence-corrected chi connectivity index (χ3v) is 6.76. The number of hydrogen-bond acceptors (Lipinski definition) is 5. The molecule has 0 spiro atoms. The van der Waals surface area contributed by atoms with Crippen molar-refractivity contribution in [1.29, 1.82) is 0 Å². The number of amides is 1. The Bertz CT molecular complexity index is 941. The molecule has 0 aliphatic carbocycles. The number of ether oxygens (including phenoxy) is 2. The summed E-state index contributed by atoms with van der Waals surface area (Å²) in [6, 6.07) is 13.8. The molecule has 1 heterocycles. The lowest BCUT2D eigenvalue weighted by Crippen LogP contribution is -2.30. The molecule has 1 unspecified atom stereocenters. The number of benzene rings is 2. The first kappa shape index (κ1) is 21.3. The number of methoxy groups -OCH3 is 1. The maximum atomic E-state index is 13.2. The van der Waals surface area contributed by atoms with Crippen molar-refractivity contribution < 1.29 is 22.7 Å². The molecule has 1 amide bonds. The number of sulfonamides is 1. The summed E-state index contributed by atoms with van der Waals surface area (Å²) in [6.45, 7) is 2.05. The van der Waals surface area contributed by atoms with Crippen LogP contribution in [-0.2, 0) is 21.3 Å². The monoisotopic (exact) mass is 418 g/mol. The molecule has 8 heteroatoms. The smallest absolute Gasteiger partial charge is 0.251 e. The third-order valence-electron chi connectivity index (χ3n) is 4.94. The molecule has 29 heavy (non-hydrogen) atoms. The number of nitrogens with one attached hydrogen (secondary N) is 1. The molecule has 2 aromatic carbocycles. The molecule has 1 N–H and O–H groups in total. The van der Waals surface area contributed by atoms with Gasteiger partial charge in [0.2, 0.25) is 10.0 Å². The van der Waals surface area contributed by atoms with Crippen LogP contribution in [0.25, 0.3) is 0 Å². The first-order chi connectivity index (χ1) is 13.9. The zero-order chi connectivity index (χ0) is 20.9. The fourth-order valence-corrected chi connectivity index (χ4v) is 4.53. The summed E-state index contributed by atoms with van der Waals surface area (Å²) in [7, 11) is -0.942. The predicted octanol–water partition coefficient (Wildman–Crippen LogP) is 2.28. The molecular weight excluding hydrogens is 392 g/mol. The summed E-state index contributed by atoms with van der Waals surface area (Å²) >= 11 is 0. The average molecular weight is 419 g/mol. The van der Waals surface area contributed by atoms with Crippen LogP contribution in [0.1, 0.15) is 22.3 Å². The Morgan fingerprint density at radius 3 is 2.66 bits per heavy atom. The summed E-state index contributed by atoms with van der Waals surface area (Å²) < 4.78 is 38.1. The Morgan fingerprint density at radius 2 is 2.00 bits per heavy atom. The van der Waals surface area contributed by atoms with E-state index in [2.05, 4.69) is 5.32 Å². The van der Waals surface area contributed by atoms with E-state index in [1.165, 1.54) is 30.6 Å². The van der Waals surface area contributed by atoms with Crippen molar-refractivity contribution in [3.63, 3.8) is 0 Å². The molecule has 1 saturated heterocycles. The average Bonchev–Trinajstić information content (AvgIpc) is 3.26. The molecule has 1 atom stereocenters. The fourth-order valence-electron chi connectivity index (χ4n) is 3.20. The molecule has 156 valence electrons. The van der Waals surface area contributed by atoms with Gasteiger partial charge in [-0.1, -0.05) is 30.3 Å². The van der Waals surface area contributed by atoms with Gasteiger partial charge in [0, 0.05) is 38.2 Å². The SMILES string of the molecule is COc1ccc(C(=O)NCC2CCOC2)cc1S(=O)(=O)N(C)Cc1ccccc1. The Hall–Kier alpha value is -2.42. The minimum atomic E-state index is -3.86. The number of carbonyl (C=O) groups is 1. The van der Waals surface area contributed by atoms with Gasteiger partial charge < -0.3 is 14.8 Å².